The average molecular weight is 329 g/mol. The van der Waals surface area contributed by atoms with E-state index in [9.17, 15) is 4.79 Å². The molecule has 1 N–H and O–H groups in total. The van der Waals surface area contributed by atoms with Crippen molar-refractivity contribution in [2.75, 3.05) is 26.2 Å². The molecule has 1 atom stereocenters. The first-order chi connectivity index (χ1) is 11.6. The molecule has 1 aliphatic rings. The van der Waals surface area contributed by atoms with Crippen molar-refractivity contribution in [3.63, 3.8) is 0 Å². The first kappa shape index (κ1) is 16.7. The fourth-order valence-corrected chi connectivity index (χ4v) is 2.99. The van der Waals surface area contributed by atoms with E-state index in [1.165, 1.54) is 5.56 Å². The molecular formula is C18H23N3O3. The van der Waals surface area contributed by atoms with Crippen LogP contribution in [-0.2, 0) is 11.3 Å². The van der Waals surface area contributed by atoms with Crippen LogP contribution >= 0.6 is 0 Å². The van der Waals surface area contributed by atoms with Crippen molar-refractivity contribution in [1.29, 1.82) is 0 Å². The van der Waals surface area contributed by atoms with Crippen LogP contribution in [0.25, 0.3) is 0 Å². The molecule has 6 nitrogen and oxygen atoms in total. The van der Waals surface area contributed by atoms with Crippen LogP contribution in [-0.4, -0.2) is 48.3 Å². The predicted octanol–water partition coefficient (Wildman–Crippen LogP) is 1.92. The number of hydrogen-bond donors (Lipinski definition) is 1. The molecule has 24 heavy (non-hydrogen) atoms. The minimum absolute atomic E-state index is 0.00751. The second-order valence-corrected chi connectivity index (χ2v) is 6.12. The summed E-state index contributed by atoms with van der Waals surface area (Å²) in [5.74, 6) is 0.385. The number of carbonyl (C=O) groups excluding carboxylic acids is 1. The number of benzene rings is 1. The van der Waals surface area contributed by atoms with Crippen molar-refractivity contribution in [3.8, 4) is 0 Å². The summed E-state index contributed by atoms with van der Waals surface area (Å²) in [6.45, 7) is 7.28. The van der Waals surface area contributed by atoms with Gasteiger partial charge in [0.25, 0.3) is 5.91 Å². The molecule has 1 aromatic carbocycles. The number of rotatable bonds is 5. The van der Waals surface area contributed by atoms with Crippen molar-refractivity contribution < 1.29 is 14.1 Å². The van der Waals surface area contributed by atoms with E-state index in [1.54, 1.807) is 13.8 Å². The van der Waals surface area contributed by atoms with Crippen LogP contribution in [0, 0.1) is 13.8 Å². The first-order valence-corrected chi connectivity index (χ1v) is 8.22. The second-order valence-electron chi connectivity index (χ2n) is 6.12. The largest absolute Gasteiger partial charge is 0.374 e. The summed E-state index contributed by atoms with van der Waals surface area (Å²) in [4.78, 5) is 14.6. The van der Waals surface area contributed by atoms with Gasteiger partial charge in [0, 0.05) is 26.2 Å². The van der Waals surface area contributed by atoms with Crippen LogP contribution in [0.2, 0.25) is 0 Å². The third-order valence-corrected chi connectivity index (χ3v) is 4.22. The molecule has 1 aliphatic heterocycles. The number of aromatic nitrogens is 1. The van der Waals surface area contributed by atoms with Crippen molar-refractivity contribution in [2.24, 2.45) is 0 Å². The summed E-state index contributed by atoms with van der Waals surface area (Å²) in [5, 5.41) is 6.75. The Morgan fingerprint density at radius 2 is 2.12 bits per heavy atom. The summed E-state index contributed by atoms with van der Waals surface area (Å²) in [7, 11) is 0. The van der Waals surface area contributed by atoms with Crippen LogP contribution in [0.4, 0.5) is 0 Å². The molecule has 1 aromatic heterocycles. The smallest absolute Gasteiger partial charge is 0.256 e. The predicted molar refractivity (Wildman–Crippen MR) is 89.8 cm³/mol. The number of carbonyl (C=O) groups is 1. The van der Waals surface area contributed by atoms with Gasteiger partial charge in [-0.1, -0.05) is 35.5 Å². The maximum atomic E-state index is 12.3. The van der Waals surface area contributed by atoms with E-state index in [1.807, 2.05) is 6.07 Å². The topological polar surface area (TPSA) is 67.6 Å². The molecule has 1 amide bonds. The quantitative estimate of drug-likeness (QED) is 0.908. The van der Waals surface area contributed by atoms with Gasteiger partial charge in [0.2, 0.25) is 0 Å². The molecular weight excluding hydrogens is 306 g/mol. The Hall–Kier alpha value is -2.18. The number of hydrogen-bond acceptors (Lipinski definition) is 5. The van der Waals surface area contributed by atoms with Crippen molar-refractivity contribution >= 4 is 5.91 Å². The zero-order valence-corrected chi connectivity index (χ0v) is 14.1. The van der Waals surface area contributed by atoms with E-state index >= 15 is 0 Å². The van der Waals surface area contributed by atoms with E-state index in [2.05, 4.69) is 39.6 Å². The third-order valence-electron chi connectivity index (χ3n) is 4.22. The van der Waals surface area contributed by atoms with Gasteiger partial charge < -0.3 is 14.6 Å². The summed E-state index contributed by atoms with van der Waals surface area (Å²) in [5.41, 5.74) is 2.42. The molecule has 0 saturated carbocycles. The molecule has 2 aromatic rings. The molecule has 1 fully saturated rings. The lowest BCUT2D eigenvalue weighted by molar-refractivity contribution is -0.0292. The van der Waals surface area contributed by atoms with Gasteiger partial charge in [0.1, 0.15) is 11.3 Å². The first-order valence-electron chi connectivity index (χ1n) is 8.22. The van der Waals surface area contributed by atoms with E-state index < -0.39 is 0 Å². The van der Waals surface area contributed by atoms with E-state index in [0.717, 1.165) is 19.6 Å². The summed E-state index contributed by atoms with van der Waals surface area (Å²) >= 11 is 0. The molecule has 128 valence electrons. The van der Waals surface area contributed by atoms with Gasteiger partial charge in [-0.2, -0.15) is 0 Å². The lowest BCUT2D eigenvalue weighted by Gasteiger charge is -2.33. The fourth-order valence-electron chi connectivity index (χ4n) is 2.99. The normalized spacial score (nSPS) is 18.5. The Kier molecular flexibility index (Phi) is 5.27. The molecule has 1 unspecified atom stereocenters. The van der Waals surface area contributed by atoms with Gasteiger partial charge >= 0.3 is 0 Å². The van der Waals surface area contributed by atoms with Crippen LogP contribution in [0.3, 0.4) is 0 Å². The SMILES string of the molecule is Cc1noc(C)c1C(=O)NCC1CN(Cc2ccccc2)CCO1. The highest BCUT2D eigenvalue weighted by atomic mass is 16.5. The highest BCUT2D eigenvalue weighted by Crippen LogP contribution is 2.13. The standard InChI is InChI=1S/C18H23N3O3/c1-13-17(14(2)24-20-13)18(22)19-10-16-12-21(8-9-23-16)11-15-6-4-3-5-7-15/h3-7,16H,8-12H2,1-2H3,(H,19,22). The Morgan fingerprint density at radius 3 is 2.83 bits per heavy atom. The maximum absolute atomic E-state index is 12.3. The van der Waals surface area contributed by atoms with Crippen molar-refractivity contribution in [2.45, 2.75) is 26.5 Å². The second kappa shape index (κ2) is 7.59. The highest BCUT2D eigenvalue weighted by molar-refractivity contribution is 5.96. The minimum atomic E-state index is -0.157. The number of morpholine rings is 1. The summed E-state index contributed by atoms with van der Waals surface area (Å²) in [6, 6.07) is 10.4. The minimum Gasteiger partial charge on any atom is -0.374 e. The van der Waals surface area contributed by atoms with E-state index in [-0.39, 0.29) is 12.0 Å². The van der Waals surface area contributed by atoms with Crippen LogP contribution in [0.1, 0.15) is 27.4 Å². The maximum Gasteiger partial charge on any atom is 0.256 e. The van der Waals surface area contributed by atoms with Crippen molar-refractivity contribution in [1.82, 2.24) is 15.4 Å². The van der Waals surface area contributed by atoms with Crippen molar-refractivity contribution in [3.05, 3.63) is 52.9 Å². The number of amides is 1. The number of nitrogens with zero attached hydrogens (tertiary/aromatic N) is 2. The monoisotopic (exact) mass is 329 g/mol. The molecule has 0 spiro atoms. The zero-order chi connectivity index (χ0) is 16.9. The molecule has 6 heteroatoms. The van der Waals surface area contributed by atoms with E-state index in [4.69, 9.17) is 9.26 Å². The van der Waals surface area contributed by atoms with Gasteiger partial charge in [-0.3, -0.25) is 9.69 Å². The fraction of sp³-hybridized carbons (Fsp3) is 0.444. The molecule has 1 saturated heterocycles. The number of nitrogens with one attached hydrogen (secondary N) is 1. The zero-order valence-electron chi connectivity index (χ0n) is 14.1. The van der Waals surface area contributed by atoms with Crippen LogP contribution < -0.4 is 5.32 Å². The van der Waals surface area contributed by atoms with Crippen LogP contribution in [0.5, 0.6) is 0 Å². The summed E-state index contributed by atoms with van der Waals surface area (Å²) < 4.78 is 10.8. The molecule has 2 heterocycles. The third kappa shape index (κ3) is 4.01. The van der Waals surface area contributed by atoms with Gasteiger partial charge in [0.15, 0.2) is 0 Å². The Morgan fingerprint density at radius 1 is 1.33 bits per heavy atom. The van der Waals surface area contributed by atoms with Gasteiger partial charge in [-0.15, -0.1) is 0 Å². The highest BCUT2D eigenvalue weighted by Gasteiger charge is 2.23. The molecule has 0 bridgehead atoms. The number of aryl methyl sites for hydroxylation is 2. The van der Waals surface area contributed by atoms with Crippen LogP contribution in [0.15, 0.2) is 34.9 Å². The molecule has 0 radical (unpaired) electrons. The lowest BCUT2D eigenvalue weighted by Crippen LogP contribution is -2.47. The van der Waals surface area contributed by atoms with Gasteiger partial charge in [0.05, 0.1) is 18.4 Å². The Bertz CT molecular complexity index is 665. The molecule has 3 rings (SSSR count). The average Bonchev–Trinajstić information content (AvgIpc) is 2.93. The Labute approximate surface area is 141 Å². The summed E-state index contributed by atoms with van der Waals surface area (Å²) in [6.07, 6.45) is -0.00751. The number of ether oxygens (including phenoxy) is 1. The van der Waals surface area contributed by atoms with Gasteiger partial charge in [-0.25, -0.2) is 0 Å². The molecule has 0 aliphatic carbocycles. The van der Waals surface area contributed by atoms with Gasteiger partial charge in [-0.05, 0) is 19.4 Å². The lowest BCUT2D eigenvalue weighted by atomic mass is 10.1. The Balaban J connectivity index is 1.51. The van der Waals surface area contributed by atoms with E-state index in [0.29, 0.717) is 30.2 Å².